The number of hydrogen-bond donors (Lipinski definition) is 2. The fraction of sp³-hybridized carbons (Fsp3) is 0.417. The Balaban J connectivity index is 2.28. The molecular weight excluding hydrogens is 206 g/mol. The average Bonchev–Trinajstić information content (AvgIpc) is 2.29. The van der Waals surface area contributed by atoms with E-state index in [2.05, 4.69) is 0 Å². The number of aliphatic hydroxyl groups excluding tert-OH is 1. The van der Waals surface area contributed by atoms with Gasteiger partial charge in [-0.15, -0.1) is 0 Å². The number of carbonyl (C=O) groups excluding carboxylic acids is 1. The molecule has 0 unspecified atom stereocenters. The molecule has 0 aliphatic heterocycles. The number of esters is 1. The predicted molar refractivity (Wildman–Crippen MR) is 60.8 cm³/mol. The Hall–Kier alpha value is -1.39. The third-order valence-corrected chi connectivity index (χ3v) is 2.27. The maximum atomic E-state index is 11.3. The highest BCUT2D eigenvalue weighted by Crippen LogP contribution is 2.00. The second kappa shape index (κ2) is 6.25. The van der Waals surface area contributed by atoms with Gasteiger partial charge >= 0.3 is 5.97 Å². The van der Waals surface area contributed by atoms with Crippen molar-refractivity contribution in [2.45, 2.75) is 25.5 Å². The summed E-state index contributed by atoms with van der Waals surface area (Å²) >= 11 is 0. The van der Waals surface area contributed by atoms with Crippen LogP contribution in [0.5, 0.6) is 0 Å². The number of ether oxygens (including phenoxy) is 1. The van der Waals surface area contributed by atoms with Crippen LogP contribution in [0, 0.1) is 0 Å². The lowest BCUT2D eigenvalue weighted by atomic mass is 10.2. The summed E-state index contributed by atoms with van der Waals surface area (Å²) in [6.45, 7) is 1.74. The van der Waals surface area contributed by atoms with E-state index in [1.807, 2.05) is 30.3 Å². The number of nitrogens with two attached hydrogens (primary N) is 1. The molecule has 0 spiro atoms. The van der Waals surface area contributed by atoms with Gasteiger partial charge in [0.2, 0.25) is 0 Å². The molecular formula is C12H17NO3. The zero-order chi connectivity index (χ0) is 12.0. The van der Waals surface area contributed by atoms with E-state index < -0.39 is 18.1 Å². The Kier molecular flexibility index (Phi) is 4.95. The molecule has 4 nitrogen and oxygen atoms in total. The number of rotatable bonds is 5. The van der Waals surface area contributed by atoms with Gasteiger partial charge in [-0.3, -0.25) is 4.79 Å². The van der Waals surface area contributed by atoms with Gasteiger partial charge in [0.1, 0.15) is 6.04 Å². The van der Waals surface area contributed by atoms with Crippen LogP contribution in [0.3, 0.4) is 0 Å². The first-order chi connectivity index (χ1) is 7.61. The minimum Gasteiger partial charge on any atom is -0.464 e. The summed E-state index contributed by atoms with van der Waals surface area (Å²) in [6, 6.07) is 8.75. The largest absolute Gasteiger partial charge is 0.464 e. The van der Waals surface area contributed by atoms with E-state index in [-0.39, 0.29) is 6.61 Å². The Bertz CT molecular complexity index is 324. The topological polar surface area (TPSA) is 72.5 Å². The van der Waals surface area contributed by atoms with Gasteiger partial charge in [0, 0.05) is 6.42 Å². The van der Waals surface area contributed by atoms with E-state index in [1.54, 1.807) is 0 Å². The molecule has 0 heterocycles. The summed E-state index contributed by atoms with van der Waals surface area (Å²) in [6.07, 6.45) is -0.233. The molecule has 0 fully saturated rings. The van der Waals surface area contributed by atoms with Crippen LogP contribution in [0.2, 0.25) is 0 Å². The average molecular weight is 223 g/mol. The van der Waals surface area contributed by atoms with Gasteiger partial charge in [-0.2, -0.15) is 0 Å². The molecule has 0 amide bonds. The summed E-state index contributed by atoms with van der Waals surface area (Å²) in [5.41, 5.74) is 6.51. The van der Waals surface area contributed by atoms with Crippen LogP contribution in [-0.4, -0.2) is 29.8 Å². The lowest BCUT2D eigenvalue weighted by molar-refractivity contribution is -0.147. The van der Waals surface area contributed by atoms with Crippen LogP contribution in [0.1, 0.15) is 12.5 Å². The molecule has 1 aromatic carbocycles. The standard InChI is InChI=1S/C12H17NO3/c1-9(14)11(13)12(15)16-8-7-10-5-3-2-4-6-10/h2-6,9,11,14H,7-8,13H2,1H3/t9-,11+/m1/s1. The molecule has 0 aliphatic rings. The van der Waals surface area contributed by atoms with Crippen molar-refractivity contribution in [1.29, 1.82) is 0 Å². The van der Waals surface area contributed by atoms with Crippen molar-refractivity contribution < 1.29 is 14.6 Å². The number of hydrogen-bond acceptors (Lipinski definition) is 4. The van der Waals surface area contributed by atoms with Crippen LogP contribution in [0.15, 0.2) is 30.3 Å². The van der Waals surface area contributed by atoms with Gasteiger partial charge in [-0.1, -0.05) is 30.3 Å². The molecule has 0 saturated heterocycles. The predicted octanol–water partition coefficient (Wildman–Crippen LogP) is 0.480. The number of carbonyl (C=O) groups is 1. The van der Waals surface area contributed by atoms with Gasteiger partial charge in [0.25, 0.3) is 0 Å². The number of aliphatic hydroxyl groups is 1. The highest BCUT2D eigenvalue weighted by Gasteiger charge is 2.19. The van der Waals surface area contributed by atoms with E-state index >= 15 is 0 Å². The van der Waals surface area contributed by atoms with Crippen LogP contribution >= 0.6 is 0 Å². The lowest BCUT2D eigenvalue weighted by Gasteiger charge is -2.13. The van der Waals surface area contributed by atoms with Gasteiger partial charge in [0.15, 0.2) is 0 Å². The minimum atomic E-state index is -0.962. The van der Waals surface area contributed by atoms with Crippen molar-refractivity contribution in [2.75, 3.05) is 6.61 Å². The first kappa shape index (κ1) is 12.7. The fourth-order valence-electron chi connectivity index (χ4n) is 1.21. The molecule has 16 heavy (non-hydrogen) atoms. The van der Waals surface area contributed by atoms with Gasteiger partial charge in [-0.25, -0.2) is 0 Å². The van der Waals surface area contributed by atoms with Gasteiger partial charge in [-0.05, 0) is 12.5 Å². The van der Waals surface area contributed by atoms with Crippen molar-refractivity contribution in [3.63, 3.8) is 0 Å². The Morgan fingerprint density at radius 3 is 2.62 bits per heavy atom. The molecule has 0 bridgehead atoms. The smallest absolute Gasteiger partial charge is 0.325 e. The summed E-state index contributed by atoms with van der Waals surface area (Å²) in [5, 5.41) is 9.08. The molecule has 2 atom stereocenters. The monoisotopic (exact) mass is 223 g/mol. The normalized spacial score (nSPS) is 14.2. The van der Waals surface area contributed by atoms with Crippen LogP contribution in [-0.2, 0) is 16.0 Å². The maximum absolute atomic E-state index is 11.3. The van der Waals surface area contributed by atoms with Crippen molar-refractivity contribution in [3.8, 4) is 0 Å². The minimum absolute atomic E-state index is 0.281. The third-order valence-electron chi connectivity index (χ3n) is 2.27. The molecule has 0 radical (unpaired) electrons. The second-order valence-corrected chi connectivity index (χ2v) is 3.67. The zero-order valence-corrected chi connectivity index (χ0v) is 9.30. The van der Waals surface area contributed by atoms with E-state index in [1.165, 1.54) is 6.92 Å². The molecule has 4 heteroatoms. The molecule has 0 aliphatic carbocycles. The van der Waals surface area contributed by atoms with E-state index in [9.17, 15) is 4.79 Å². The first-order valence-electron chi connectivity index (χ1n) is 5.25. The summed E-state index contributed by atoms with van der Waals surface area (Å²) in [4.78, 5) is 11.3. The van der Waals surface area contributed by atoms with Crippen molar-refractivity contribution in [2.24, 2.45) is 5.73 Å². The van der Waals surface area contributed by atoms with Crippen LogP contribution in [0.25, 0.3) is 0 Å². The summed E-state index contributed by atoms with van der Waals surface area (Å²) in [7, 11) is 0. The summed E-state index contributed by atoms with van der Waals surface area (Å²) < 4.78 is 4.95. The summed E-state index contributed by atoms with van der Waals surface area (Å²) in [5.74, 6) is -0.564. The molecule has 3 N–H and O–H groups in total. The van der Waals surface area contributed by atoms with Gasteiger partial charge < -0.3 is 15.6 Å². The van der Waals surface area contributed by atoms with Crippen LogP contribution < -0.4 is 5.73 Å². The van der Waals surface area contributed by atoms with Crippen molar-refractivity contribution in [3.05, 3.63) is 35.9 Å². The quantitative estimate of drug-likeness (QED) is 0.712. The van der Waals surface area contributed by atoms with E-state index in [4.69, 9.17) is 15.6 Å². The first-order valence-corrected chi connectivity index (χ1v) is 5.25. The fourth-order valence-corrected chi connectivity index (χ4v) is 1.21. The lowest BCUT2D eigenvalue weighted by Crippen LogP contribution is -2.41. The van der Waals surface area contributed by atoms with Gasteiger partial charge in [0.05, 0.1) is 12.7 Å². The Morgan fingerprint density at radius 1 is 1.44 bits per heavy atom. The molecule has 0 aromatic heterocycles. The molecule has 0 saturated carbocycles. The Labute approximate surface area is 95.0 Å². The van der Waals surface area contributed by atoms with Crippen LogP contribution in [0.4, 0.5) is 0 Å². The SMILES string of the molecule is C[C@@H](O)[C@H](N)C(=O)OCCc1ccccc1. The highest BCUT2D eigenvalue weighted by atomic mass is 16.5. The third kappa shape index (κ3) is 4.00. The zero-order valence-electron chi connectivity index (χ0n) is 9.30. The van der Waals surface area contributed by atoms with E-state index in [0.717, 1.165) is 5.56 Å². The second-order valence-electron chi connectivity index (χ2n) is 3.67. The van der Waals surface area contributed by atoms with Crippen molar-refractivity contribution >= 4 is 5.97 Å². The Morgan fingerprint density at radius 2 is 2.06 bits per heavy atom. The maximum Gasteiger partial charge on any atom is 0.325 e. The molecule has 1 rings (SSSR count). The van der Waals surface area contributed by atoms with Crippen molar-refractivity contribution in [1.82, 2.24) is 0 Å². The highest BCUT2D eigenvalue weighted by molar-refractivity contribution is 5.76. The molecule has 1 aromatic rings. The van der Waals surface area contributed by atoms with E-state index in [0.29, 0.717) is 6.42 Å². The number of benzene rings is 1. The molecule has 88 valence electrons.